The van der Waals surface area contributed by atoms with E-state index in [1.165, 1.54) is 5.69 Å². The average molecular weight is 272 g/mol. The first kappa shape index (κ1) is 13.2. The van der Waals surface area contributed by atoms with Gasteiger partial charge in [0.15, 0.2) is 0 Å². The van der Waals surface area contributed by atoms with Gasteiger partial charge in [0.25, 0.3) is 0 Å². The van der Waals surface area contributed by atoms with E-state index in [1.54, 1.807) is 13.3 Å². The lowest BCUT2D eigenvalue weighted by Crippen LogP contribution is -2.42. The van der Waals surface area contributed by atoms with Gasteiger partial charge in [-0.1, -0.05) is 6.92 Å². The van der Waals surface area contributed by atoms with Gasteiger partial charge in [-0.3, -0.25) is 4.98 Å². The number of hydrogen-bond donors (Lipinski definition) is 0. The number of nitrogens with zero attached hydrogens (tertiary/aromatic N) is 2. The van der Waals surface area contributed by atoms with Gasteiger partial charge >= 0.3 is 0 Å². The summed E-state index contributed by atoms with van der Waals surface area (Å²) in [5, 5.41) is 1.06. The van der Waals surface area contributed by atoms with Gasteiger partial charge in [-0.05, 0) is 30.7 Å². The van der Waals surface area contributed by atoms with Crippen molar-refractivity contribution < 1.29 is 9.47 Å². The minimum atomic E-state index is 0.329. The van der Waals surface area contributed by atoms with Gasteiger partial charge in [0.05, 0.1) is 25.3 Å². The molecule has 20 heavy (non-hydrogen) atoms. The van der Waals surface area contributed by atoms with Crippen LogP contribution >= 0.6 is 0 Å². The standard InChI is InChI=1S/C16H20N2O2/c1-3-13-11-18(8-9-20-13)12-4-5-15-14(10-12)16(19-2)6-7-17-15/h4-7,10,13H,3,8-9,11H2,1-2H3. The van der Waals surface area contributed by atoms with Crippen LogP contribution in [0.2, 0.25) is 0 Å². The second-order valence-corrected chi connectivity index (χ2v) is 5.06. The zero-order valence-corrected chi connectivity index (χ0v) is 12.0. The zero-order valence-electron chi connectivity index (χ0n) is 12.0. The number of benzene rings is 1. The summed E-state index contributed by atoms with van der Waals surface area (Å²) in [5.74, 6) is 0.872. The summed E-state index contributed by atoms with van der Waals surface area (Å²) >= 11 is 0. The minimum absolute atomic E-state index is 0.329. The fourth-order valence-electron chi connectivity index (χ4n) is 2.68. The molecule has 0 spiro atoms. The SMILES string of the molecule is CCC1CN(c2ccc3nccc(OC)c3c2)CCO1. The van der Waals surface area contributed by atoms with E-state index in [2.05, 4.69) is 35.0 Å². The van der Waals surface area contributed by atoms with Crippen molar-refractivity contribution in [1.29, 1.82) is 0 Å². The molecule has 1 fully saturated rings. The highest BCUT2D eigenvalue weighted by Crippen LogP contribution is 2.29. The lowest BCUT2D eigenvalue weighted by atomic mass is 10.1. The van der Waals surface area contributed by atoms with Crippen LogP contribution in [0.5, 0.6) is 5.75 Å². The Morgan fingerprint density at radius 1 is 1.40 bits per heavy atom. The molecule has 4 heteroatoms. The Morgan fingerprint density at radius 2 is 2.30 bits per heavy atom. The van der Waals surface area contributed by atoms with Crippen LogP contribution in [-0.2, 0) is 4.74 Å². The van der Waals surface area contributed by atoms with Crippen molar-refractivity contribution in [3.05, 3.63) is 30.5 Å². The van der Waals surface area contributed by atoms with E-state index in [0.29, 0.717) is 6.10 Å². The number of ether oxygens (including phenoxy) is 2. The van der Waals surface area contributed by atoms with Gasteiger partial charge in [-0.2, -0.15) is 0 Å². The number of anilines is 1. The number of hydrogen-bond acceptors (Lipinski definition) is 4. The number of aromatic nitrogens is 1. The van der Waals surface area contributed by atoms with Crippen LogP contribution in [0.15, 0.2) is 30.5 Å². The van der Waals surface area contributed by atoms with Crippen LogP contribution in [-0.4, -0.2) is 37.9 Å². The fraction of sp³-hybridized carbons (Fsp3) is 0.438. The first-order valence-electron chi connectivity index (χ1n) is 7.11. The van der Waals surface area contributed by atoms with Crippen molar-refractivity contribution in [2.45, 2.75) is 19.4 Å². The molecule has 106 valence electrons. The Kier molecular flexibility index (Phi) is 3.74. The second-order valence-electron chi connectivity index (χ2n) is 5.06. The molecular weight excluding hydrogens is 252 g/mol. The maximum atomic E-state index is 5.73. The molecule has 1 aromatic heterocycles. The van der Waals surface area contributed by atoms with E-state index in [0.717, 1.165) is 42.8 Å². The lowest BCUT2D eigenvalue weighted by molar-refractivity contribution is 0.0384. The van der Waals surface area contributed by atoms with Crippen molar-refractivity contribution >= 4 is 16.6 Å². The molecule has 1 aliphatic rings. The first-order valence-corrected chi connectivity index (χ1v) is 7.11. The van der Waals surface area contributed by atoms with Crippen molar-refractivity contribution in [3.8, 4) is 5.75 Å². The molecule has 0 bridgehead atoms. The highest BCUT2D eigenvalue weighted by molar-refractivity contribution is 5.88. The second kappa shape index (κ2) is 5.67. The summed E-state index contributed by atoms with van der Waals surface area (Å²) in [4.78, 5) is 6.76. The van der Waals surface area contributed by atoms with E-state index < -0.39 is 0 Å². The summed E-state index contributed by atoms with van der Waals surface area (Å²) < 4.78 is 11.2. The fourth-order valence-corrected chi connectivity index (χ4v) is 2.68. The van der Waals surface area contributed by atoms with Crippen LogP contribution in [0.25, 0.3) is 10.9 Å². The van der Waals surface area contributed by atoms with Gasteiger partial charge in [-0.15, -0.1) is 0 Å². The molecule has 3 rings (SSSR count). The molecule has 2 aromatic rings. The van der Waals surface area contributed by atoms with Crippen molar-refractivity contribution in [2.75, 3.05) is 31.7 Å². The summed E-state index contributed by atoms with van der Waals surface area (Å²) in [6.45, 7) is 4.84. The zero-order chi connectivity index (χ0) is 13.9. The Morgan fingerprint density at radius 3 is 3.10 bits per heavy atom. The lowest BCUT2D eigenvalue weighted by Gasteiger charge is -2.34. The van der Waals surface area contributed by atoms with Crippen LogP contribution in [0.3, 0.4) is 0 Å². The highest BCUT2D eigenvalue weighted by Gasteiger charge is 2.19. The molecule has 0 saturated carbocycles. The predicted molar refractivity (Wildman–Crippen MR) is 80.5 cm³/mol. The third kappa shape index (κ3) is 2.43. The summed E-state index contributed by atoms with van der Waals surface area (Å²) in [5.41, 5.74) is 2.18. The van der Waals surface area contributed by atoms with Crippen LogP contribution in [0.4, 0.5) is 5.69 Å². The van der Waals surface area contributed by atoms with E-state index in [4.69, 9.17) is 9.47 Å². The number of fused-ring (bicyclic) bond motifs is 1. The third-order valence-electron chi connectivity index (χ3n) is 3.86. The van der Waals surface area contributed by atoms with Crippen molar-refractivity contribution in [1.82, 2.24) is 4.98 Å². The molecule has 4 nitrogen and oxygen atoms in total. The highest BCUT2D eigenvalue weighted by atomic mass is 16.5. The first-order chi connectivity index (χ1) is 9.81. The van der Waals surface area contributed by atoms with Gasteiger partial charge in [-0.25, -0.2) is 0 Å². The smallest absolute Gasteiger partial charge is 0.129 e. The van der Waals surface area contributed by atoms with E-state index in [9.17, 15) is 0 Å². The predicted octanol–water partition coefficient (Wildman–Crippen LogP) is 2.86. The van der Waals surface area contributed by atoms with Gasteiger partial charge in [0, 0.05) is 30.4 Å². The number of pyridine rings is 1. The minimum Gasteiger partial charge on any atom is -0.496 e. The number of rotatable bonds is 3. The van der Waals surface area contributed by atoms with Crippen molar-refractivity contribution in [3.63, 3.8) is 0 Å². The van der Waals surface area contributed by atoms with E-state index >= 15 is 0 Å². The van der Waals surface area contributed by atoms with Gasteiger partial charge in [0.2, 0.25) is 0 Å². The normalized spacial score (nSPS) is 19.3. The monoisotopic (exact) mass is 272 g/mol. The molecule has 1 aromatic carbocycles. The third-order valence-corrected chi connectivity index (χ3v) is 3.86. The topological polar surface area (TPSA) is 34.6 Å². The Labute approximate surface area is 119 Å². The molecule has 1 saturated heterocycles. The van der Waals surface area contributed by atoms with Crippen LogP contribution < -0.4 is 9.64 Å². The number of methoxy groups -OCH3 is 1. The molecule has 1 aliphatic heterocycles. The van der Waals surface area contributed by atoms with Crippen LogP contribution in [0.1, 0.15) is 13.3 Å². The quantitative estimate of drug-likeness (QED) is 0.860. The Hall–Kier alpha value is -1.81. The van der Waals surface area contributed by atoms with E-state index in [1.807, 2.05) is 6.07 Å². The number of morpholine rings is 1. The molecule has 2 heterocycles. The summed E-state index contributed by atoms with van der Waals surface area (Å²) in [7, 11) is 1.70. The van der Waals surface area contributed by atoms with E-state index in [-0.39, 0.29) is 0 Å². The van der Waals surface area contributed by atoms with Crippen molar-refractivity contribution in [2.24, 2.45) is 0 Å². The van der Waals surface area contributed by atoms with Crippen LogP contribution in [0, 0.1) is 0 Å². The molecule has 0 radical (unpaired) electrons. The molecular formula is C16H20N2O2. The Balaban J connectivity index is 1.95. The Bertz CT molecular complexity index is 600. The molecule has 0 aliphatic carbocycles. The van der Waals surface area contributed by atoms with Gasteiger partial charge < -0.3 is 14.4 Å². The average Bonchev–Trinajstić information content (AvgIpc) is 2.53. The largest absolute Gasteiger partial charge is 0.496 e. The molecule has 1 unspecified atom stereocenters. The summed E-state index contributed by atoms with van der Waals surface area (Å²) in [6, 6.07) is 8.26. The maximum Gasteiger partial charge on any atom is 0.129 e. The molecule has 0 amide bonds. The molecule has 1 atom stereocenters. The molecule has 0 N–H and O–H groups in total. The van der Waals surface area contributed by atoms with Gasteiger partial charge in [0.1, 0.15) is 5.75 Å². The summed E-state index contributed by atoms with van der Waals surface area (Å²) in [6.07, 6.45) is 3.16. The maximum absolute atomic E-state index is 5.73.